The third-order valence-corrected chi connectivity index (χ3v) is 2.73. The first-order chi connectivity index (χ1) is 5.88. The molecule has 0 radical (unpaired) electrons. The van der Waals surface area contributed by atoms with Gasteiger partial charge in [0, 0.05) is 0 Å². The molecule has 0 aromatic heterocycles. The van der Waals surface area contributed by atoms with E-state index in [9.17, 15) is 9.59 Å². The molecule has 0 spiro atoms. The first-order valence-electron chi connectivity index (χ1n) is 4.29. The lowest BCUT2D eigenvalue weighted by atomic mass is 9.96. The van der Waals surface area contributed by atoms with Crippen LogP contribution in [0.15, 0.2) is 0 Å². The molecule has 4 heteroatoms. The molecule has 1 fully saturated rings. The van der Waals surface area contributed by atoms with Crippen molar-refractivity contribution in [3.63, 3.8) is 0 Å². The molecule has 0 saturated heterocycles. The van der Waals surface area contributed by atoms with Crippen molar-refractivity contribution in [1.29, 1.82) is 0 Å². The van der Waals surface area contributed by atoms with Crippen molar-refractivity contribution in [3.8, 4) is 0 Å². The van der Waals surface area contributed by atoms with Gasteiger partial charge in [-0.1, -0.05) is 13.8 Å². The topological polar surface area (TPSA) is 63.6 Å². The first kappa shape index (κ1) is 10.0. The van der Waals surface area contributed by atoms with Crippen LogP contribution in [0.3, 0.4) is 0 Å². The van der Waals surface area contributed by atoms with Gasteiger partial charge in [-0.3, -0.25) is 9.59 Å². The van der Waals surface area contributed by atoms with Crippen molar-refractivity contribution >= 4 is 11.9 Å². The van der Waals surface area contributed by atoms with Gasteiger partial charge < -0.3 is 9.84 Å². The van der Waals surface area contributed by atoms with E-state index in [4.69, 9.17) is 9.84 Å². The standard InChI is InChI=1S/C9H14O4/c1-4-13-7(12)9(6(10)11)5-8(9,2)3/h4-5H2,1-3H3,(H,10,11)/t9-/m0/s1. The molecular weight excluding hydrogens is 172 g/mol. The Morgan fingerprint density at radius 3 is 2.15 bits per heavy atom. The number of rotatable bonds is 3. The van der Waals surface area contributed by atoms with Crippen molar-refractivity contribution in [1.82, 2.24) is 0 Å². The van der Waals surface area contributed by atoms with E-state index in [1.54, 1.807) is 20.8 Å². The van der Waals surface area contributed by atoms with E-state index in [1.165, 1.54) is 0 Å². The molecule has 0 aliphatic heterocycles. The van der Waals surface area contributed by atoms with Gasteiger partial charge in [-0.15, -0.1) is 0 Å². The minimum absolute atomic E-state index is 0.226. The van der Waals surface area contributed by atoms with Gasteiger partial charge in [0.05, 0.1) is 6.61 Å². The van der Waals surface area contributed by atoms with E-state index < -0.39 is 22.8 Å². The molecule has 0 bridgehead atoms. The number of hydrogen-bond donors (Lipinski definition) is 1. The molecule has 13 heavy (non-hydrogen) atoms. The van der Waals surface area contributed by atoms with Gasteiger partial charge in [-0.2, -0.15) is 0 Å². The van der Waals surface area contributed by atoms with Crippen LogP contribution in [0.1, 0.15) is 27.2 Å². The molecule has 1 rings (SSSR count). The van der Waals surface area contributed by atoms with Gasteiger partial charge in [0.25, 0.3) is 0 Å². The van der Waals surface area contributed by atoms with Crippen LogP contribution in [0.25, 0.3) is 0 Å². The molecule has 1 N–H and O–H groups in total. The van der Waals surface area contributed by atoms with Gasteiger partial charge >= 0.3 is 11.9 Å². The smallest absolute Gasteiger partial charge is 0.324 e. The number of esters is 1. The van der Waals surface area contributed by atoms with Crippen LogP contribution in [0, 0.1) is 10.8 Å². The summed E-state index contributed by atoms with van der Waals surface area (Å²) in [5.74, 6) is -1.68. The molecule has 0 unspecified atom stereocenters. The summed E-state index contributed by atoms with van der Waals surface area (Å²) < 4.78 is 4.75. The van der Waals surface area contributed by atoms with Crippen molar-refractivity contribution < 1.29 is 19.4 Å². The summed E-state index contributed by atoms with van der Waals surface area (Å²) in [6.07, 6.45) is 0.369. The van der Waals surface area contributed by atoms with Crippen molar-refractivity contribution in [2.45, 2.75) is 27.2 Å². The second-order valence-corrected chi connectivity index (χ2v) is 3.99. The Labute approximate surface area is 76.9 Å². The quantitative estimate of drug-likeness (QED) is 0.528. The van der Waals surface area contributed by atoms with Gasteiger partial charge in [0.2, 0.25) is 0 Å². The zero-order chi connectivity index (χ0) is 10.3. The summed E-state index contributed by atoms with van der Waals surface area (Å²) in [7, 11) is 0. The number of carbonyl (C=O) groups is 2. The number of hydrogen-bond acceptors (Lipinski definition) is 3. The predicted octanol–water partition coefficient (Wildman–Crippen LogP) is 1.05. The summed E-state index contributed by atoms with van der Waals surface area (Å²) in [5, 5.41) is 8.94. The van der Waals surface area contributed by atoms with E-state index in [2.05, 4.69) is 0 Å². The third kappa shape index (κ3) is 1.20. The molecule has 1 aliphatic rings. The molecule has 4 nitrogen and oxygen atoms in total. The van der Waals surface area contributed by atoms with Gasteiger partial charge in [-0.05, 0) is 18.8 Å². The lowest BCUT2D eigenvalue weighted by Crippen LogP contribution is -2.32. The Bertz CT molecular complexity index is 256. The van der Waals surface area contributed by atoms with E-state index in [-0.39, 0.29) is 6.61 Å². The fraction of sp³-hybridized carbons (Fsp3) is 0.778. The van der Waals surface area contributed by atoms with E-state index in [0.29, 0.717) is 6.42 Å². The van der Waals surface area contributed by atoms with Crippen LogP contribution < -0.4 is 0 Å². The SMILES string of the molecule is CCOC(=O)[C@@]1(C(=O)O)CC1(C)C. The molecule has 0 amide bonds. The zero-order valence-corrected chi connectivity index (χ0v) is 8.09. The highest BCUT2D eigenvalue weighted by molar-refractivity contribution is 6.03. The predicted molar refractivity (Wildman–Crippen MR) is 45.1 cm³/mol. The van der Waals surface area contributed by atoms with Crippen LogP contribution in [-0.4, -0.2) is 23.7 Å². The summed E-state index contributed by atoms with van der Waals surface area (Å²) in [4.78, 5) is 22.3. The Kier molecular flexibility index (Phi) is 2.10. The lowest BCUT2D eigenvalue weighted by molar-refractivity contribution is -0.162. The van der Waals surface area contributed by atoms with Gasteiger partial charge in [0.1, 0.15) is 0 Å². The van der Waals surface area contributed by atoms with Crippen molar-refractivity contribution in [2.24, 2.45) is 10.8 Å². The van der Waals surface area contributed by atoms with Crippen molar-refractivity contribution in [3.05, 3.63) is 0 Å². The van der Waals surface area contributed by atoms with Crippen LogP contribution in [-0.2, 0) is 14.3 Å². The highest BCUT2D eigenvalue weighted by Crippen LogP contribution is 2.64. The van der Waals surface area contributed by atoms with Crippen LogP contribution in [0.5, 0.6) is 0 Å². The second-order valence-electron chi connectivity index (χ2n) is 3.99. The molecule has 0 aromatic carbocycles. The van der Waals surface area contributed by atoms with Gasteiger partial charge in [0.15, 0.2) is 5.41 Å². The Hall–Kier alpha value is -1.06. The van der Waals surface area contributed by atoms with E-state index in [0.717, 1.165) is 0 Å². The molecule has 1 atom stereocenters. The highest BCUT2D eigenvalue weighted by atomic mass is 16.5. The van der Waals surface area contributed by atoms with Crippen LogP contribution >= 0.6 is 0 Å². The first-order valence-corrected chi connectivity index (χ1v) is 4.29. The van der Waals surface area contributed by atoms with Gasteiger partial charge in [-0.25, -0.2) is 0 Å². The second kappa shape index (κ2) is 2.72. The number of carboxylic acids is 1. The van der Waals surface area contributed by atoms with Crippen LogP contribution in [0.4, 0.5) is 0 Å². The molecule has 1 aliphatic carbocycles. The number of carboxylic acid groups (broad SMARTS) is 1. The zero-order valence-electron chi connectivity index (χ0n) is 8.09. The third-order valence-electron chi connectivity index (χ3n) is 2.73. The molecular formula is C9H14O4. The van der Waals surface area contributed by atoms with E-state index in [1.807, 2.05) is 0 Å². The maximum absolute atomic E-state index is 11.4. The largest absolute Gasteiger partial charge is 0.480 e. The van der Waals surface area contributed by atoms with Crippen molar-refractivity contribution in [2.75, 3.05) is 6.61 Å². The monoisotopic (exact) mass is 186 g/mol. The molecule has 0 heterocycles. The summed E-state index contributed by atoms with van der Waals surface area (Å²) in [6.45, 7) is 5.42. The average molecular weight is 186 g/mol. The summed E-state index contributed by atoms with van der Waals surface area (Å²) in [5.41, 5.74) is -1.76. The Morgan fingerprint density at radius 2 is 1.92 bits per heavy atom. The Morgan fingerprint density at radius 1 is 1.46 bits per heavy atom. The van der Waals surface area contributed by atoms with Crippen LogP contribution in [0.2, 0.25) is 0 Å². The highest BCUT2D eigenvalue weighted by Gasteiger charge is 2.73. The molecule has 0 aromatic rings. The normalized spacial score (nSPS) is 29.5. The minimum Gasteiger partial charge on any atom is -0.480 e. The number of aliphatic carboxylic acids is 1. The van der Waals surface area contributed by atoms with E-state index >= 15 is 0 Å². The fourth-order valence-electron chi connectivity index (χ4n) is 1.67. The fourth-order valence-corrected chi connectivity index (χ4v) is 1.67. The molecule has 74 valence electrons. The summed E-state index contributed by atoms with van der Waals surface area (Å²) in [6, 6.07) is 0. The summed E-state index contributed by atoms with van der Waals surface area (Å²) >= 11 is 0. The lowest BCUT2D eigenvalue weighted by Gasteiger charge is -2.13. The Balaban J connectivity index is 2.85. The number of carbonyl (C=O) groups excluding carboxylic acids is 1. The average Bonchev–Trinajstić information content (AvgIpc) is 2.56. The number of ether oxygens (including phenoxy) is 1. The maximum Gasteiger partial charge on any atom is 0.324 e. The maximum atomic E-state index is 11.4. The molecule has 1 saturated carbocycles. The minimum atomic E-state index is -1.29.